The third-order valence-electron chi connectivity index (χ3n) is 7.86. The molecule has 0 atom stereocenters. The number of methoxy groups -OCH3 is 1. The summed E-state index contributed by atoms with van der Waals surface area (Å²) in [5.41, 5.74) is 4.80. The molecule has 3 rings (SSSR count). The molecule has 0 heterocycles. The Morgan fingerprint density at radius 3 is 2.18 bits per heavy atom. The van der Waals surface area contributed by atoms with Crippen LogP contribution in [-0.4, -0.2) is 7.11 Å². The van der Waals surface area contributed by atoms with Crippen LogP contribution in [0.2, 0.25) is 5.02 Å². The first-order valence-corrected chi connectivity index (χ1v) is 13.2. The van der Waals surface area contributed by atoms with E-state index in [1.807, 2.05) is 19.9 Å². The molecule has 0 amide bonds. The molecule has 2 aromatic carbocycles. The van der Waals surface area contributed by atoms with Crippen LogP contribution in [0.25, 0.3) is 0 Å². The second-order valence-electron chi connectivity index (χ2n) is 11.1. The summed E-state index contributed by atoms with van der Waals surface area (Å²) in [6.07, 6.45) is 6.52. The lowest BCUT2D eigenvalue weighted by atomic mass is 9.66. The minimum absolute atomic E-state index is 0.0587. The molecular formula is C30H42ClFO2. The summed E-state index contributed by atoms with van der Waals surface area (Å²) in [6.45, 7) is 15.3. The second-order valence-corrected chi connectivity index (χ2v) is 11.5. The molecule has 188 valence electrons. The van der Waals surface area contributed by atoms with Crippen molar-refractivity contribution in [2.24, 2.45) is 5.92 Å². The zero-order chi connectivity index (χ0) is 25.2. The van der Waals surface area contributed by atoms with Crippen molar-refractivity contribution in [3.63, 3.8) is 0 Å². The van der Waals surface area contributed by atoms with E-state index in [9.17, 15) is 0 Å². The molecule has 1 saturated carbocycles. The summed E-state index contributed by atoms with van der Waals surface area (Å²) < 4.78 is 27.3. The Morgan fingerprint density at radius 2 is 1.62 bits per heavy atom. The fraction of sp³-hybridized carbons (Fsp3) is 0.600. The Kier molecular flexibility index (Phi) is 8.61. The van der Waals surface area contributed by atoms with Gasteiger partial charge in [-0.05, 0) is 65.7 Å². The molecule has 0 spiro atoms. The van der Waals surface area contributed by atoms with Crippen LogP contribution in [0.4, 0.5) is 4.39 Å². The van der Waals surface area contributed by atoms with Crippen LogP contribution in [0.15, 0.2) is 18.2 Å². The topological polar surface area (TPSA) is 18.5 Å². The van der Waals surface area contributed by atoms with Gasteiger partial charge in [0.1, 0.15) is 12.4 Å². The molecule has 0 bridgehead atoms. The van der Waals surface area contributed by atoms with Gasteiger partial charge in [0, 0.05) is 11.1 Å². The average molecular weight is 489 g/mol. The Morgan fingerprint density at radius 1 is 1.00 bits per heavy atom. The average Bonchev–Trinajstić information content (AvgIpc) is 2.79. The highest BCUT2D eigenvalue weighted by molar-refractivity contribution is 6.31. The van der Waals surface area contributed by atoms with Gasteiger partial charge in [0.15, 0.2) is 11.6 Å². The van der Waals surface area contributed by atoms with E-state index in [-0.39, 0.29) is 23.7 Å². The summed E-state index contributed by atoms with van der Waals surface area (Å²) in [6, 6.07) is 6.30. The van der Waals surface area contributed by atoms with Gasteiger partial charge in [-0.2, -0.15) is 0 Å². The smallest absolute Gasteiger partial charge is 0.173 e. The van der Waals surface area contributed by atoms with E-state index in [1.165, 1.54) is 44.8 Å². The molecule has 1 fully saturated rings. The fourth-order valence-corrected chi connectivity index (χ4v) is 5.93. The van der Waals surface area contributed by atoms with Crippen LogP contribution >= 0.6 is 11.6 Å². The summed E-state index contributed by atoms with van der Waals surface area (Å²) in [7, 11) is 1.50. The first kappa shape index (κ1) is 26.9. The molecule has 0 radical (unpaired) electrons. The Hall–Kier alpha value is -1.74. The van der Waals surface area contributed by atoms with Crippen molar-refractivity contribution in [2.45, 2.75) is 104 Å². The molecular weight excluding hydrogens is 447 g/mol. The molecule has 4 heteroatoms. The van der Waals surface area contributed by atoms with Gasteiger partial charge >= 0.3 is 0 Å². The van der Waals surface area contributed by atoms with Crippen LogP contribution < -0.4 is 9.47 Å². The fourth-order valence-electron chi connectivity index (χ4n) is 5.67. The van der Waals surface area contributed by atoms with Gasteiger partial charge in [-0.25, -0.2) is 4.39 Å². The van der Waals surface area contributed by atoms with Crippen molar-refractivity contribution < 1.29 is 13.9 Å². The molecule has 34 heavy (non-hydrogen) atoms. The second kappa shape index (κ2) is 10.9. The van der Waals surface area contributed by atoms with Crippen molar-refractivity contribution in [1.29, 1.82) is 0 Å². The van der Waals surface area contributed by atoms with Crippen molar-refractivity contribution in [1.82, 2.24) is 0 Å². The number of hydrogen-bond donors (Lipinski definition) is 0. The summed E-state index contributed by atoms with van der Waals surface area (Å²) >= 11 is 6.55. The standard InChI is InChI=1S/C30H42ClFO2/c1-18(2)22-14-15-25(30(6,7)21-12-10-9-11-13-21)20(5)28(22)34-17-24-26(31)16-23(19(3)4)29(33-8)27(24)32/h14-16,18-19,21H,9-13,17H2,1-8H3. The normalized spacial score (nSPS) is 15.3. The van der Waals surface area contributed by atoms with Crippen LogP contribution in [0.5, 0.6) is 11.5 Å². The molecule has 0 N–H and O–H groups in total. The zero-order valence-electron chi connectivity index (χ0n) is 22.3. The predicted octanol–water partition coefficient (Wildman–Crippen LogP) is 9.48. The van der Waals surface area contributed by atoms with Gasteiger partial charge in [-0.3, -0.25) is 0 Å². The largest absolute Gasteiger partial charge is 0.493 e. The van der Waals surface area contributed by atoms with E-state index in [4.69, 9.17) is 21.1 Å². The minimum Gasteiger partial charge on any atom is -0.493 e. The van der Waals surface area contributed by atoms with Crippen molar-refractivity contribution in [2.75, 3.05) is 7.11 Å². The number of rotatable bonds is 8. The Balaban J connectivity index is 2.01. The maximum atomic E-state index is 15.4. The minimum atomic E-state index is -0.429. The van der Waals surface area contributed by atoms with E-state index in [2.05, 4.69) is 46.8 Å². The van der Waals surface area contributed by atoms with Crippen LogP contribution in [0.1, 0.15) is 113 Å². The van der Waals surface area contributed by atoms with Gasteiger partial charge in [0.25, 0.3) is 0 Å². The molecule has 1 aliphatic rings. The first-order chi connectivity index (χ1) is 16.0. The molecule has 2 nitrogen and oxygen atoms in total. The van der Waals surface area contributed by atoms with E-state index in [0.29, 0.717) is 22.4 Å². The number of halogens is 2. The maximum Gasteiger partial charge on any atom is 0.173 e. The number of benzene rings is 2. The molecule has 0 unspecified atom stereocenters. The molecule has 1 aliphatic carbocycles. The van der Waals surface area contributed by atoms with E-state index < -0.39 is 5.82 Å². The highest BCUT2D eigenvalue weighted by Gasteiger charge is 2.34. The Bertz CT molecular complexity index is 1000. The summed E-state index contributed by atoms with van der Waals surface area (Å²) in [5, 5.41) is 0.379. The third kappa shape index (κ3) is 5.25. The SMILES string of the molecule is COc1c(C(C)C)cc(Cl)c(COc2c(C(C)C)ccc(C(C)(C)C3CCCCC3)c2C)c1F. The highest BCUT2D eigenvalue weighted by Crippen LogP contribution is 2.45. The van der Waals surface area contributed by atoms with E-state index in [0.717, 1.165) is 22.4 Å². The van der Waals surface area contributed by atoms with Gasteiger partial charge in [-0.15, -0.1) is 0 Å². The summed E-state index contributed by atoms with van der Waals surface area (Å²) in [5.74, 6) is 1.74. The number of hydrogen-bond acceptors (Lipinski definition) is 2. The van der Waals surface area contributed by atoms with Gasteiger partial charge < -0.3 is 9.47 Å². The van der Waals surface area contributed by atoms with Crippen molar-refractivity contribution in [3.05, 3.63) is 56.9 Å². The van der Waals surface area contributed by atoms with Crippen molar-refractivity contribution >= 4 is 11.6 Å². The number of ether oxygens (including phenoxy) is 2. The van der Waals surface area contributed by atoms with E-state index in [1.54, 1.807) is 0 Å². The lowest BCUT2D eigenvalue weighted by molar-refractivity contribution is 0.233. The predicted molar refractivity (Wildman–Crippen MR) is 141 cm³/mol. The molecule has 0 aromatic heterocycles. The van der Waals surface area contributed by atoms with Gasteiger partial charge in [0.05, 0.1) is 12.1 Å². The van der Waals surface area contributed by atoms with Gasteiger partial charge in [0.2, 0.25) is 0 Å². The lowest BCUT2D eigenvalue weighted by Crippen LogP contribution is -2.31. The molecule has 2 aromatic rings. The zero-order valence-corrected chi connectivity index (χ0v) is 23.0. The first-order valence-electron chi connectivity index (χ1n) is 12.8. The van der Waals surface area contributed by atoms with E-state index >= 15 is 4.39 Å². The lowest BCUT2D eigenvalue weighted by Gasteiger charge is -2.39. The summed E-state index contributed by atoms with van der Waals surface area (Å²) in [4.78, 5) is 0. The van der Waals surface area contributed by atoms with Crippen LogP contribution in [-0.2, 0) is 12.0 Å². The molecule has 0 saturated heterocycles. The third-order valence-corrected chi connectivity index (χ3v) is 8.20. The molecule has 0 aliphatic heterocycles. The van der Waals surface area contributed by atoms with Crippen molar-refractivity contribution in [3.8, 4) is 11.5 Å². The highest BCUT2D eigenvalue weighted by atomic mass is 35.5. The van der Waals surface area contributed by atoms with Crippen LogP contribution in [0, 0.1) is 18.7 Å². The quantitative estimate of drug-likeness (QED) is 0.368. The van der Waals surface area contributed by atoms with Gasteiger partial charge in [-0.1, -0.05) is 84.5 Å². The Labute approximate surface area is 211 Å². The monoisotopic (exact) mass is 488 g/mol. The van der Waals surface area contributed by atoms with Crippen LogP contribution in [0.3, 0.4) is 0 Å². The maximum absolute atomic E-state index is 15.4.